The Bertz CT molecular complexity index is 892. The maximum atomic E-state index is 12.6. The highest BCUT2D eigenvalue weighted by Crippen LogP contribution is 2.29. The SMILES string of the molecule is CNC(=O)O.Cc1ccc(S(=O)(=O)/C(=N/O)c2c(Cl)cccc2Cl)cc1. The summed E-state index contributed by atoms with van der Waals surface area (Å²) in [6, 6.07) is 10.7. The van der Waals surface area contributed by atoms with Crippen LogP contribution < -0.4 is 5.32 Å². The van der Waals surface area contributed by atoms with Crippen molar-refractivity contribution in [2.45, 2.75) is 11.8 Å². The van der Waals surface area contributed by atoms with Crippen LogP contribution in [0.2, 0.25) is 10.0 Å². The molecule has 0 spiro atoms. The fraction of sp³-hybridized carbons (Fsp3) is 0.125. The second kappa shape index (κ2) is 9.42. The van der Waals surface area contributed by atoms with Crippen LogP contribution in [0.15, 0.2) is 52.5 Å². The number of carboxylic acid groups (broad SMARTS) is 1. The van der Waals surface area contributed by atoms with E-state index in [2.05, 4.69) is 5.16 Å². The molecule has 0 aliphatic rings. The molecule has 10 heteroatoms. The summed E-state index contributed by atoms with van der Waals surface area (Å²) in [7, 11) is -2.69. The molecule has 0 heterocycles. The quantitative estimate of drug-likeness (QED) is 0.296. The summed E-state index contributed by atoms with van der Waals surface area (Å²) in [5.41, 5.74) is 0.885. The second-order valence-corrected chi connectivity index (χ2v) is 7.55. The molecule has 2 rings (SSSR count). The lowest BCUT2D eigenvalue weighted by Gasteiger charge is -2.10. The van der Waals surface area contributed by atoms with Crippen molar-refractivity contribution in [1.82, 2.24) is 5.32 Å². The van der Waals surface area contributed by atoms with Crippen LogP contribution in [0.3, 0.4) is 0 Å². The molecule has 1 amide bonds. The summed E-state index contributed by atoms with van der Waals surface area (Å²) in [5.74, 6) is 0. The van der Waals surface area contributed by atoms with Crippen LogP contribution in [0.4, 0.5) is 4.79 Å². The lowest BCUT2D eigenvalue weighted by Crippen LogP contribution is -2.17. The van der Waals surface area contributed by atoms with Crippen molar-refractivity contribution < 1.29 is 23.5 Å². The van der Waals surface area contributed by atoms with E-state index in [4.69, 9.17) is 28.3 Å². The molecule has 7 nitrogen and oxygen atoms in total. The summed E-state index contributed by atoms with van der Waals surface area (Å²) in [5, 5.41) is 21.2. The Hall–Kier alpha value is -2.29. The van der Waals surface area contributed by atoms with Crippen LogP contribution in [0, 0.1) is 6.92 Å². The number of benzene rings is 2. The predicted octanol–water partition coefficient (Wildman–Crippen LogP) is 3.80. The van der Waals surface area contributed by atoms with Gasteiger partial charge in [0.1, 0.15) is 0 Å². The number of aryl methyl sites for hydroxylation is 1. The number of nitrogens with zero attached hydrogens (tertiary/aromatic N) is 1. The Balaban J connectivity index is 0.000000597. The fourth-order valence-electron chi connectivity index (χ4n) is 1.77. The van der Waals surface area contributed by atoms with Crippen LogP contribution >= 0.6 is 23.2 Å². The summed E-state index contributed by atoms with van der Waals surface area (Å²) in [4.78, 5) is 9.25. The van der Waals surface area contributed by atoms with Gasteiger partial charge in [-0.2, -0.15) is 0 Å². The first kappa shape index (κ1) is 21.8. The third kappa shape index (κ3) is 5.35. The van der Waals surface area contributed by atoms with Crippen molar-refractivity contribution in [2.75, 3.05) is 7.05 Å². The Kier molecular flexibility index (Phi) is 7.88. The highest BCUT2D eigenvalue weighted by Gasteiger charge is 2.28. The predicted molar refractivity (Wildman–Crippen MR) is 100 cm³/mol. The van der Waals surface area contributed by atoms with Crippen LogP contribution in [-0.4, -0.2) is 36.9 Å². The molecule has 0 radical (unpaired) electrons. The molecule has 3 N–H and O–H groups in total. The number of rotatable bonds is 2. The minimum absolute atomic E-state index is 0.00288. The highest BCUT2D eigenvalue weighted by atomic mass is 35.5. The van der Waals surface area contributed by atoms with Crippen molar-refractivity contribution in [2.24, 2.45) is 5.16 Å². The maximum Gasteiger partial charge on any atom is 0.404 e. The van der Waals surface area contributed by atoms with E-state index >= 15 is 0 Å². The van der Waals surface area contributed by atoms with Gasteiger partial charge in [0.15, 0.2) is 0 Å². The Labute approximate surface area is 160 Å². The first-order chi connectivity index (χ1) is 12.1. The fourth-order valence-corrected chi connectivity index (χ4v) is 3.77. The molecule has 0 saturated carbocycles. The first-order valence-electron chi connectivity index (χ1n) is 7.04. The van der Waals surface area contributed by atoms with Gasteiger partial charge >= 0.3 is 6.09 Å². The normalized spacial score (nSPS) is 11.3. The zero-order chi connectivity index (χ0) is 19.9. The van der Waals surface area contributed by atoms with Crippen molar-refractivity contribution >= 4 is 44.2 Å². The van der Waals surface area contributed by atoms with E-state index in [9.17, 15) is 18.4 Å². The van der Waals surface area contributed by atoms with Gasteiger partial charge in [-0.25, -0.2) is 13.2 Å². The molecule has 2 aromatic carbocycles. The second-order valence-electron chi connectivity index (χ2n) is 4.87. The largest absolute Gasteiger partial charge is 0.465 e. The van der Waals surface area contributed by atoms with Crippen molar-refractivity contribution in [3.8, 4) is 0 Å². The van der Waals surface area contributed by atoms with E-state index in [-0.39, 0.29) is 20.5 Å². The number of halogens is 2. The molecule has 2 aromatic rings. The third-order valence-corrected chi connectivity index (χ3v) is 5.38. The monoisotopic (exact) mass is 418 g/mol. The third-order valence-electron chi connectivity index (χ3n) is 3.07. The van der Waals surface area contributed by atoms with Gasteiger partial charge in [0.2, 0.25) is 14.9 Å². The van der Waals surface area contributed by atoms with Gasteiger partial charge in [0, 0.05) is 7.05 Å². The molecule has 0 aliphatic heterocycles. The number of nitrogens with one attached hydrogen (secondary N) is 1. The molecular weight excluding hydrogens is 403 g/mol. The van der Waals surface area contributed by atoms with E-state index in [0.29, 0.717) is 0 Å². The average molecular weight is 419 g/mol. The minimum atomic E-state index is -4.03. The van der Waals surface area contributed by atoms with Crippen molar-refractivity contribution in [1.29, 1.82) is 0 Å². The van der Waals surface area contributed by atoms with E-state index in [1.54, 1.807) is 18.2 Å². The van der Waals surface area contributed by atoms with Crippen LogP contribution in [-0.2, 0) is 9.84 Å². The number of carbonyl (C=O) groups is 1. The molecule has 0 bridgehead atoms. The molecule has 0 aliphatic carbocycles. The zero-order valence-corrected chi connectivity index (χ0v) is 16.1. The van der Waals surface area contributed by atoms with Gasteiger partial charge in [0.05, 0.1) is 20.5 Å². The Morgan fingerprint density at radius 2 is 1.54 bits per heavy atom. The van der Waals surface area contributed by atoms with E-state index in [1.165, 1.54) is 31.3 Å². The van der Waals surface area contributed by atoms with Gasteiger partial charge in [-0.05, 0) is 31.2 Å². The van der Waals surface area contributed by atoms with Gasteiger partial charge < -0.3 is 15.6 Å². The number of amides is 1. The number of hydrogen-bond donors (Lipinski definition) is 3. The molecule has 26 heavy (non-hydrogen) atoms. The standard InChI is InChI=1S/C14H11Cl2NO3S.C2H5NO2/c1-9-5-7-10(8-6-9)21(19,20)14(17-18)13-11(15)3-2-4-12(13)16;1-3-2(4)5/h2-8,18H,1H3;3H,1H3,(H,4,5)/b17-14+;. The van der Waals surface area contributed by atoms with Crippen LogP contribution in [0.25, 0.3) is 0 Å². The molecule has 0 saturated heterocycles. The van der Waals surface area contributed by atoms with Crippen LogP contribution in [0.1, 0.15) is 11.1 Å². The van der Waals surface area contributed by atoms with Crippen molar-refractivity contribution in [3.63, 3.8) is 0 Å². The van der Waals surface area contributed by atoms with E-state index in [0.717, 1.165) is 5.56 Å². The Morgan fingerprint density at radius 3 is 1.92 bits per heavy atom. The van der Waals surface area contributed by atoms with Crippen molar-refractivity contribution in [3.05, 3.63) is 63.6 Å². The van der Waals surface area contributed by atoms with E-state index < -0.39 is 21.0 Å². The van der Waals surface area contributed by atoms with Gasteiger partial charge in [-0.15, -0.1) is 0 Å². The molecule has 140 valence electrons. The molecular formula is C16H16Cl2N2O5S. The topological polar surface area (TPSA) is 116 Å². The zero-order valence-electron chi connectivity index (χ0n) is 13.8. The maximum absolute atomic E-state index is 12.6. The summed E-state index contributed by atoms with van der Waals surface area (Å²) < 4.78 is 25.1. The summed E-state index contributed by atoms with van der Waals surface area (Å²) in [6.45, 7) is 1.84. The smallest absolute Gasteiger partial charge is 0.404 e. The molecule has 0 unspecified atom stereocenters. The average Bonchev–Trinajstić information content (AvgIpc) is 2.59. The first-order valence-corrected chi connectivity index (χ1v) is 9.28. The molecule has 0 aromatic heterocycles. The van der Waals surface area contributed by atoms with Crippen LogP contribution in [0.5, 0.6) is 0 Å². The number of sulfone groups is 1. The molecule has 0 fully saturated rings. The number of hydrogen-bond acceptors (Lipinski definition) is 5. The van der Waals surface area contributed by atoms with Gasteiger partial charge in [-0.3, -0.25) is 0 Å². The Morgan fingerprint density at radius 1 is 1.08 bits per heavy atom. The number of oxime groups is 1. The van der Waals surface area contributed by atoms with E-state index in [1.807, 2.05) is 12.2 Å². The summed E-state index contributed by atoms with van der Waals surface area (Å²) >= 11 is 12.0. The minimum Gasteiger partial charge on any atom is -0.465 e. The summed E-state index contributed by atoms with van der Waals surface area (Å²) in [6.07, 6.45) is -0.995. The van der Waals surface area contributed by atoms with Gasteiger partial charge in [-0.1, -0.05) is 52.1 Å². The van der Waals surface area contributed by atoms with Gasteiger partial charge in [0.25, 0.3) is 0 Å². The lowest BCUT2D eigenvalue weighted by molar-refractivity contribution is 0.197. The molecule has 0 atom stereocenters. The highest BCUT2D eigenvalue weighted by molar-refractivity contribution is 8.07. The lowest BCUT2D eigenvalue weighted by atomic mass is 10.2.